The molecule has 21 heavy (non-hydrogen) atoms. The Labute approximate surface area is 125 Å². The maximum atomic E-state index is 5.86. The molecular weight excluding hydrogens is 266 g/mol. The summed E-state index contributed by atoms with van der Waals surface area (Å²) in [6.45, 7) is 5.27. The second kappa shape index (κ2) is 7.06. The van der Waals surface area contributed by atoms with Gasteiger partial charge in [0.2, 0.25) is 0 Å². The minimum atomic E-state index is 0.667. The largest absolute Gasteiger partial charge is 0.496 e. The molecule has 0 saturated carbocycles. The minimum absolute atomic E-state index is 0.667. The second-order valence-electron chi connectivity index (χ2n) is 5.57. The molecule has 1 heterocycles. The molecule has 2 rings (SSSR count). The summed E-state index contributed by atoms with van der Waals surface area (Å²) in [5.41, 5.74) is 7.35. The SMILES string of the molecule is COc1ccc(N)cc1-c1nnnn1CCCCC(C)C. The number of hydrogen-bond donors (Lipinski definition) is 1. The molecule has 0 amide bonds. The number of aryl methyl sites for hydroxylation is 1. The molecule has 0 spiro atoms. The van der Waals surface area contributed by atoms with Gasteiger partial charge < -0.3 is 10.5 Å². The Kier molecular flexibility index (Phi) is 5.14. The molecule has 0 radical (unpaired) electrons. The Morgan fingerprint density at radius 1 is 1.29 bits per heavy atom. The molecule has 0 bridgehead atoms. The van der Waals surface area contributed by atoms with Crippen molar-refractivity contribution in [3.8, 4) is 17.1 Å². The van der Waals surface area contributed by atoms with Crippen LogP contribution in [0.1, 0.15) is 33.1 Å². The summed E-state index contributed by atoms with van der Waals surface area (Å²) in [5, 5.41) is 12.0. The maximum absolute atomic E-state index is 5.86. The van der Waals surface area contributed by atoms with Gasteiger partial charge in [-0.2, -0.15) is 0 Å². The molecule has 2 N–H and O–H groups in total. The smallest absolute Gasteiger partial charge is 0.185 e. The summed E-state index contributed by atoms with van der Waals surface area (Å²) < 4.78 is 7.19. The molecule has 0 aliphatic rings. The number of nitrogens with two attached hydrogens (primary N) is 1. The predicted octanol–water partition coefficient (Wildman–Crippen LogP) is 2.76. The lowest BCUT2D eigenvalue weighted by Gasteiger charge is -2.10. The van der Waals surface area contributed by atoms with Crippen molar-refractivity contribution in [3.05, 3.63) is 18.2 Å². The van der Waals surface area contributed by atoms with Crippen LogP contribution in [0.3, 0.4) is 0 Å². The van der Waals surface area contributed by atoms with Crippen LogP contribution in [0.4, 0.5) is 5.69 Å². The van der Waals surface area contributed by atoms with Crippen molar-refractivity contribution in [1.82, 2.24) is 20.2 Å². The van der Waals surface area contributed by atoms with Gasteiger partial charge in [-0.1, -0.05) is 26.7 Å². The lowest BCUT2D eigenvalue weighted by atomic mass is 10.1. The number of aromatic nitrogens is 4. The van der Waals surface area contributed by atoms with Gasteiger partial charge in [0.05, 0.1) is 12.7 Å². The molecule has 0 aliphatic heterocycles. The fourth-order valence-corrected chi connectivity index (χ4v) is 2.26. The highest BCUT2D eigenvalue weighted by atomic mass is 16.5. The van der Waals surface area contributed by atoms with Gasteiger partial charge >= 0.3 is 0 Å². The van der Waals surface area contributed by atoms with E-state index in [1.807, 2.05) is 16.8 Å². The summed E-state index contributed by atoms with van der Waals surface area (Å²) in [6, 6.07) is 5.48. The van der Waals surface area contributed by atoms with E-state index in [0.29, 0.717) is 11.5 Å². The van der Waals surface area contributed by atoms with Crippen molar-refractivity contribution in [2.75, 3.05) is 12.8 Å². The van der Waals surface area contributed by atoms with E-state index >= 15 is 0 Å². The van der Waals surface area contributed by atoms with Crippen LogP contribution in [-0.4, -0.2) is 27.3 Å². The molecule has 114 valence electrons. The third-order valence-corrected chi connectivity index (χ3v) is 3.40. The van der Waals surface area contributed by atoms with Crippen LogP contribution in [0.25, 0.3) is 11.4 Å². The van der Waals surface area contributed by atoms with Crippen molar-refractivity contribution in [3.63, 3.8) is 0 Å². The van der Waals surface area contributed by atoms with Crippen LogP contribution in [0.15, 0.2) is 18.2 Å². The monoisotopic (exact) mass is 289 g/mol. The first-order valence-electron chi connectivity index (χ1n) is 7.32. The van der Waals surface area contributed by atoms with E-state index in [2.05, 4.69) is 29.4 Å². The van der Waals surface area contributed by atoms with Crippen molar-refractivity contribution in [2.45, 2.75) is 39.7 Å². The zero-order valence-corrected chi connectivity index (χ0v) is 12.9. The molecule has 6 heteroatoms. The van der Waals surface area contributed by atoms with Gasteiger partial charge in [-0.05, 0) is 41.0 Å². The second-order valence-corrected chi connectivity index (χ2v) is 5.57. The standard InChI is InChI=1S/C15H23N5O/c1-11(2)6-4-5-9-20-15(17-18-19-20)13-10-12(16)7-8-14(13)21-3/h7-8,10-11H,4-6,9,16H2,1-3H3. The van der Waals surface area contributed by atoms with Crippen LogP contribution >= 0.6 is 0 Å². The fraction of sp³-hybridized carbons (Fsp3) is 0.533. The summed E-state index contributed by atoms with van der Waals surface area (Å²) in [7, 11) is 1.63. The highest BCUT2D eigenvalue weighted by Gasteiger charge is 2.14. The lowest BCUT2D eigenvalue weighted by molar-refractivity contribution is 0.415. The predicted molar refractivity (Wildman–Crippen MR) is 82.9 cm³/mol. The van der Waals surface area contributed by atoms with E-state index in [9.17, 15) is 0 Å². The van der Waals surface area contributed by atoms with E-state index < -0.39 is 0 Å². The molecule has 0 atom stereocenters. The van der Waals surface area contributed by atoms with Gasteiger partial charge in [0.25, 0.3) is 0 Å². The van der Waals surface area contributed by atoms with Crippen molar-refractivity contribution in [1.29, 1.82) is 0 Å². The van der Waals surface area contributed by atoms with E-state index in [0.717, 1.165) is 30.2 Å². The van der Waals surface area contributed by atoms with Crippen molar-refractivity contribution >= 4 is 5.69 Å². The topological polar surface area (TPSA) is 78.8 Å². The molecule has 6 nitrogen and oxygen atoms in total. The summed E-state index contributed by atoms with van der Waals surface area (Å²) in [6.07, 6.45) is 3.45. The van der Waals surface area contributed by atoms with Gasteiger partial charge in [-0.25, -0.2) is 4.68 Å². The Bertz CT molecular complexity index is 579. The van der Waals surface area contributed by atoms with Crippen LogP contribution in [0, 0.1) is 5.92 Å². The van der Waals surface area contributed by atoms with Crippen molar-refractivity contribution < 1.29 is 4.74 Å². The Hall–Kier alpha value is -2.11. The number of ether oxygens (including phenoxy) is 1. The quantitative estimate of drug-likeness (QED) is 0.626. The number of anilines is 1. The molecule has 1 aromatic heterocycles. The molecule has 0 fully saturated rings. The van der Waals surface area contributed by atoms with Gasteiger partial charge in [0, 0.05) is 12.2 Å². The summed E-state index contributed by atoms with van der Waals surface area (Å²) in [4.78, 5) is 0. The van der Waals surface area contributed by atoms with Crippen LogP contribution in [0.2, 0.25) is 0 Å². The normalized spacial score (nSPS) is 11.0. The highest BCUT2D eigenvalue weighted by Crippen LogP contribution is 2.30. The van der Waals surface area contributed by atoms with E-state index in [4.69, 9.17) is 10.5 Å². The zero-order valence-electron chi connectivity index (χ0n) is 12.9. The summed E-state index contributed by atoms with van der Waals surface area (Å²) >= 11 is 0. The third kappa shape index (κ3) is 3.93. The maximum Gasteiger partial charge on any atom is 0.185 e. The van der Waals surface area contributed by atoms with Gasteiger partial charge in [0.1, 0.15) is 5.75 Å². The molecular formula is C15H23N5O. The Balaban J connectivity index is 2.14. The molecule has 0 unspecified atom stereocenters. The molecule has 1 aromatic carbocycles. The first-order valence-corrected chi connectivity index (χ1v) is 7.32. The Morgan fingerprint density at radius 2 is 2.10 bits per heavy atom. The number of hydrogen-bond acceptors (Lipinski definition) is 5. The fourth-order valence-electron chi connectivity index (χ4n) is 2.26. The number of benzene rings is 1. The number of rotatable bonds is 7. The van der Waals surface area contributed by atoms with E-state index in [-0.39, 0.29) is 0 Å². The molecule has 2 aromatic rings. The van der Waals surface area contributed by atoms with E-state index in [1.165, 1.54) is 12.8 Å². The molecule has 0 saturated heterocycles. The van der Waals surface area contributed by atoms with Crippen LogP contribution < -0.4 is 10.5 Å². The zero-order chi connectivity index (χ0) is 15.2. The average Bonchev–Trinajstić information content (AvgIpc) is 2.91. The Morgan fingerprint density at radius 3 is 2.81 bits per heavy atom. The van der Waals surface area contributed by atoms with Gasteiger partial charge in [-0.3, -0.25) is 0 Å². The van der Waals surface area contributed by atoms with Gasteiger partial charge in [-0.15, -0.1) is 5.10 Å². The third-order valence-electron chi connectivity index (χ3n) is 3.40. The number of tetrazole rings is 1. The average molecular weight is 289 g/mol. The minimum Gasteiger partial charge on any atom is -0.496 e. The first kappa shape index (κ1) is 15.3. The van der Waals surface area contributed by atoms with Crippen LogP contribution in [0.5, 0.6) is 5.75 Å². The number of unbranched alkanes of at least 4 members (excludes halogenated alkanes) is 1. The van der Waals surface area contributed by atoms with Gasteiger partial charge in [0.15, 0.2) is 5.82 Å². The van der Waals surface area contributed by atoms with E-state index in [1.54, 1.807) is 13.2 Å². The summed E-state index contributed by atoms with van der Waals surface area (Å²) in [5.74, 6) is 2.15. The molecule has 0 aliphatic carbocycles. The van der Waals surface area contributed by atoms with Crippen LogP contribution in [-0.2, 0) is 6.54 Å². The first-order chi connectivity index (χ1) is 10.1. The highest BCUT2D eigenvalue weighted by molar-refractivity contribution is 5.68. The number of methoxy groups -OCH3 is 1. The van der Waals surface area contributed by atoms with Crippen molar-refractivity contribution in [2.24, 2.45) is 5.92 Å². The number of nitrogen functional groups attached to an aromatic ring is 1. The number of nitrogens with zero attached hydrogens (tertiary/aromatic N) is 4. The lowest BCUT2D eigenvalue weighted by Crippen LogP contribution is -2.05.